The highest BCUT2D eigenvalue weighted by Gasteiger charge is 2.19. The average Bonchev–Trinajstić information content (AvgIpc) is 2.32. The Hall–Kier alpha value is -1.28. The van der Waals surface area contributed by atoms with Gasteiger partial charge in [0.1, 0.15) is 12.1 Å². The van der Waals surface area contributed by atoms with Crippen molar-refractivity contribution < 1.29 is 19.5 Å². The van der Waals surface area contributed by atoms with Gasteiger partial charge < -0.3 is 21.5 Å². The standard InChI is InChI=1S/C10H19N3O4S/c1-2-12-9(15)7(5-18)13-8(14)4-3-6(11)10(16)17/h6-7,18H,2-5,11H2,1H3,(H,12,15)(H,13,14)(H,16,17). The summed E-state index contributed by atoms with van der Waals surface area (Å²) in [5.74, 6) is -1.72. The van der Waals surface area contributed by atoms with E-state index in [1.807, 2.05) is 0 Å². The normalized spacial score (nSPS) is 13.5. The maximum absolute atomic E-state index is 11.5. The minimum absolute atomic E-state index is 0.0237. The van der Waals surface area contributed by atoms with Crippen LogP contribution in [0.5, 0.6) is 0 Å². The van der Waals surface area contributed by atoms with E-state index in [2.05, 4.69) is 23.3 Å². The molecule has 7 nitrogen and oxygen atoms in total. The predicted molar refractivity (Wildman–Crippen MR) is 69.3 cm³/mol. The van der Waals surface area contributed by atoms with Crippen LogP contribution in [0.25, 0.3) is 0 Å². The van der Waals surface area contributed by atoms with Gasteiger partial charge in [0.2, 0.25) is 11.8 Å². The molecule has 0 radical (unpaired) electrons. The lowest BCUT2D eigenvalue weighted by atomic mass is 10.1. The summed E-state index contributed by atoms with van der Waals surface area (Å²) >= 11 is 3.97. The molecule has 0 aliphatic heterocycles. The Balaban J connectivity index is 4.12. The number of thiol groups is 1. The Labute approximate surface area is 111 Å². The van der Waals surface area contributed by atoms with Gasteiger partial charge in [-0.05, 0) is 13.3 Å². The van der Waals surface area contributed by atoms with Crippen LogP contribution in [0.4, 0.5) is 0 Å². The zero-order valence-corrected chi connectivity index (χ0v) is 11.1. The minimum Gasteiger partial charge on any atom is -0.480 e. The molecule has 5 N–H and O–H groups in total. The molecule has 2 atom stereocenters. The van der Waals surface area contributed by atoms with Crippen molar-refractivity contribution >= 4 is 30.4 Å². The van der Waals surface area contributed by atoms with E-state index in [0.29, 0.717) is 6.54 Å². The quantitative estimate of drug-likeness (QED) is 0.354. The van der Waals surface area contributed by atoms with Crippen molar-refractivity contribution in [3.63, 3.8) is 0 Å². The van der Waals surface area contributed by atoms with Crippen molar-refractivity contribution in [2.24, 2.45) is 5.73 Å². The van der Waals surface area contributed by atoms with Crippen LogP contribution in [0.15, 0.2) is 0 Å². The van der Waals surface area contributed by atoms with Crippen LogP contribution in [0.1, 0.15) is 19.8 Å². The number of carbonyl (C=O) groups excluding carboxylic acids is 2. The number of nitrogens with two attached hydrogens (primary N) is 1. The average molecular weight is 277 g/mol. The number of rotatable bonds is 8. The number of carbonyl (C=O) groups is 3. The highest BCUT2D eigenvalue weighted by atomic mass is 32.1. The summed E-state index contributed by atoms with van der Waals surface area (Å²) < 4.78 is 0. The number of aliphatic carboxylic acids is 1. The molecule has 0 aromatic rings. The van der Waals surface area contributed by atoms with Gasteiger partial charge in [0.25, 0.3) is 0 Å². The summed E-state index contributed by atoms with van der Waals surface area (Å²) in [4.78, 5) is 33.4. The fourth-order valence-corrected chi connectivity index (χ4v) is 1.43. The van der Waals surface area contributed by atoms with Crippen molar-refractivity contribution in [2.45, 2.75) is 31.8 Å². The molecule has 0 saturated heterocycles. The van der Waals surface area contributed by atoms with Crippen molar-refractivity contribution in [3.05, 3.63) is 0 Å². The van der Waals surface area contributed by atoms with Gasteiger partial charge in [0, 0.05) is 18.7 Å². The molecular weight excluding hydrogens is 258 g/mol. The summed E-state index contributed by atoms with van der Waals surface area (Å²) in [6.07, 6.45) is -0.0208. The number of hydrogen-bond acceptors (Lipinski definition) is 5. The maximum atomic E-state index is 11.5. The zero-order valence-electron chi connectivity index (χ0n) is 10.2. The lowest BCUT2D eigenvalue weighted by Crippen LogP contribution is -2.48. The first-order valence-corrected chi connectivity index (χ1v) is 6.21. The van der Waals surface area contributed by atoms with Gasteiger partial charge in [-0.3, -0.25) is 14.4 Å². The molecule has 0 aliphatic carbocycles. The third kappa shape index (κ3) is 6.45. The first kappa shape index (κ1) is 16.7. The van der Waals surface area contributed by atoms with Gasteiger partial charge in [-0.25, -0.2) is 0 Å². The van der Waals surface area contributed by atoms with Crippen LogP contribution in [-0.4, -0.2) is 47.3 Å². The van der Waals surface area contributed by atoms with Crippen molar-refractivity contribution in [1.29, 1.82) is 0 Å². The number of hydrogen-bond donors (Lipinski definition) is 5. The Morgan fingerprint density at radius 2 is 2.00 bits per heavy atom. The molecule has 0 aliphatic rings. The summed E-state index contributed by atoms with van der Waals surface area (Å²) in [7, 11) is 0. The van der Waals surface area contributed by atoms with E-state index in [-0.39, 0.29) is 24.5 Å². The Kier molecular flexibility index (Phi) is 8.14. The molecule has 2 unspecified atom stereocenters. The zero-order chi connectivity index (χ0) is 14.1. The summed E-state index contributed by atoms with van der Waals surface area (Å²) in [6, 6.07) is -1.79. The lowest BCUT2D eigenvalue weighted by molar-refractivity contribution is -0.138. The highest BCUT2D eigenvalue weighted by Crippen LogP contribution is 1.97. The number of likely N-dealkylation sites (N-methyl/N-ethyl adjacent to an activating group) is 1. The van der Waals surface area contributed by atoms with E-state index >= 15 is 0 Å². The lowest BCUT2D eigenvalue weighted by Gasteiger charge is -2.16. The number of carboxylic acid groups (broad SMARTS) is 1. The Morgan fingerprint density at radius 1 is 1.39 bits per heavy atom. The van der Waals surface area contributed by atoms with E-state index in [1.165, 1.54) is 0 Å². The fraction of sp³-hybridized carbons (Fsp3) is 0.700. The first-order chi connectivity index (χ1) is 8.42. The van der Waals surface area contributed by atoms with Gasteiger partial charge in [0.05, 0.1) is 0 Å². The summed E-state index contributed by atoms with van der Waals surface area (Å²) in [5.41, 5.74) is 5.26. The molecule has 18 heavy (non-hydrogen) atoms. The van der Waals surface area contributed by atoms with Gasteiger partial charge in [-0.2, -0.15) is 12.6 Å². The second-order valence-corrected chi connectivity index (χ2v) is 4.05. The maximum Gasteiger partial charge on any atom is 0.320 e. The van der Waals surface area contributed by atoms with Gasteiger partial charge in [0.15, 0.2) is 0 Å². The SMILES string of the molecule is CCNC(=O)C(CS)NC(=O)CCC(N)C(=O)O. The van der Waals surface area contributed by atoms with E-state index < -0.39 is 24.0 Å². The van der Waals surface area contributed by atoms with Gasteiger partial charge >= 0.3 is 5.97 Å². The molecule has 0 rings (SSSR count). The van der Waals surface area contributed by atoms with Gasteiger partial charge in [-0.1, -0.05) is 0 Å². The topological polar surface area (TPSA) is 122 Å². The molecule has 0 saturated carbocycles. The summed E-state index contributed by atoms with van der Waals surface area (Å²) in [6.45, 7) is 2.23. The van der Waals surface area contributed by atoms with Crippen LogP contribution >= 0.6 is 12.6 Å². The first-order valence-electron chi connectivity index (χ1n) is 5.58. The third-order valence-electron chi connectivity index (χ3n) is 2.18. The second kappa shape index (κ2) is 8.76. The van der Waals surface area contributed by atoms with Crippen LogP contribution in [0, 0.1) is 0 Å². The van der Waals surface area contributed by atoms with Crippen LogP contribution in [-0.2, 0) is 14.4 Å². The second-order valence-electron chi connectivity index (χ2n) is 3.68. The molecule has 0 heterocycles. The van der Waals surface area contributed by atoms with E-state index in [4.69, 9.17) is 10.8 Å². The smallest absolute Gasteiger partial charge is 0.320 e. The molecule has 0 bridgehead atoms. The van der Waals surface area contributed by atoms with Gasteiger partial charge in [-0.15, -0.1) is 0 Å². The van der Waals surface area contributed by atoms with Crippen LogP contribution < -0.4 is 16.4 Å². The highest BCUT2D eigenvalue weighted by molar-refractivity contribution is 7.80. The predicted octanol–water partition coefficient (Wildman–Crippen LogP) is -1.27. The fourth-order valence-electron chi connectivity index (χ4n) is 1.17. The van der Waals surface area contributed by atoms with Crippen molar-refractivity contribution in [3.8, 4) is 0 Å². The minimum atomic E-state index is -1.16. The van der Waals surface area contributed by atoms with E-state index in [1.54, 1.807) is 6.92 Å². The van der Waals surface area contributed by atoms with Crippen molar-refractivity contribution in [2.75, 3.05) is 12.3 Å². The largest absolute Gasteiger partial charge is 0.480 e. The monoisotopic (exact) mass is 277 g/mol. The molecule has 0 aromatic heterocycles. The molecule has 0 fully saturated rings. The molecule has 0 spiro atoms. The number of carboxylic acids is 1. The van der Waals surface area contributed by atoms with Crippen molar-refractivity contribution in [1.82, 2.24) is 10.6 Å². The third-order valence-corrected chi connectivity index (χ3v) is 2.55. The van der Waals surface area contributed by atoms with Crippen LogP contribution in [0.2, 0.25) is 0 Å². The Morgan fingerprint density at radius 3 is 2.44 bits per heavy atom. The number of amides is 2. The molecule has 104 valence electrons. The molecule has 8 heteroatoms. The van der Waals surface area contributed by atoms with E-state index in [0.717, 1.165) is 0 Å². The summed E-state index contributed by atoms with van der Waals surface area (Å²) in [5, 5.41) is 13.6. The van der Waals surface area contributed by atoms with Crippen LogP contribution in [0.3, 0.4) is 0 Å². The molecule has 2 amide bonds. The van der Waals surface area contributed by atoms with E-state index in [9.17, 15) is 14.4 Å². The molecular formula is C10H19N3O4S. The molecule has 0 aromatic carbocycles. The number of nitrogens with one attached hydrogen (secondary N) is 2. The Bertz CT molecular complexity index is 311.